The standard InChI is InChI=1S/C13H16N2O6/c16-8-7-14(6-5-13(18)19)12(17)9-10-3-1-2-4-11(10)15(20)21/h1-4,16H,5-9H2,(H,18,19). The zero-order valence-electron chi connectivity index (χ0n) is 11.3. The second-order valence-electron chi connectivity index (χ2n) is 4.31. The van der Waals surface area contributed by atoms with Gasteiger partial charge >= 0.3 is 5.97 Å². The van der Waals surface area contributed by atoms with Crippen molar-refractivity contribution in [3.05, 3.63) is 39.9 Å². The van der Waals surface area contributed by atoms with Gasteiger partial charge in [-0.05, 0) is 0 Å². The summed E-state index contributed by atoms with van der Waals surface area (Å²) in [4.78, 5) is 34.1. The number of rotatable bonds is 8. The molecule has 2 N–H and O–H groups in total. The number of carbonyl (C=O) groups is 2. The maximum atomic E-state index is 12.1. The third-order valence-corrected chi connectivity index (χ3v) is 2.85. The largest absolute Gasteiger partial charge is 0.481 e. The number of nitro groups is 1. The summed E-state index contributed by atoms with van der Waals surface area (Å²) in [5.74, 6) is -1.52. The van der Waals surface area contributed by atoms with Gasteiger partial charge in [0.15, 0.2) is 0 Å². The summed E-state index contributed by atoms with van der Waals surface area (Å²) in [7, 11) is 0. The van der Waals surface area contributed by atoms with E-state index in [4.69, 9.17) is 10.2 Å². The maximum Gasteiger partial charge on any atom is 0.305 e. The minimum Gasteiger partial charge on any atom is -0.481 e. The number of para-hydroxylation sites is 1. The predicted octanol–water partition coefficient (Wildman–Crippen LogP) is 0.433. The summed E-state index contributed by atoms with van der Waals surface area (Å²) >= 11 is 0. The Kier molecular flexibility index (Phi) is 6.28. The lowest BCUT2D eigenvalue weighted by atomic mass is 10.1. The first-order valence-corrected chi connectivity index (χ1v) is 6.28. The molecule has 0 spiro atoms. The molecule has 0 unspecified atom stereocenters. The van der Waals surface area contributed by atoms with Gasteiger partial charge in [0.2, 0.25) is 5.91 Å². The number of nitrogens with zero attached hydrogens (tertiary/aromatic N) is 2. The van der Waals surface area contributed by atoms with E-state index in [-0.39, 0.29) is 43.8 Å². The summed E-state index contributed by atoms with van der Waals surface area (Å²) in [5.41, 5.74) is 0.0961. The number of aliphatic hydroxyl groups excluding tert-OH is 1. The molecule has 8 heteroatoms. The van der Waals surface area contributed by atoms with Crippen molar-refractivity contribution in [3.8, 4) is 0 Å². The van der Waals surface area contributed by atoms with Crippen molar-refractivity contribution in [2.24, 2.45) is 0 Å². The smallest absolute Gasteiger partial charge is 0.305 e. The fraction of sp³-hybridized carbons (Fsp3) is 0.385. The highest BCUT2D eigenvalue weighted by molar-refractivity contribution is 5.80. The van der Waals surface area contributed by atoms with Crippen LogP contribution in [0.15, 0.2) is 24.3 Å². The molecule has 8 nitrogen and oxygen atoms in total. The average Bonchev–Trinajstić information content (AvgIpc) is 2.43. The molecular formula is C13H16N2O6. The molecule has 0 bridgehead atoms. The fourth-order valence-electron chi connectivity index (χ4n) is 1.83. The van der Waals surface area contributed by atoms with E-state index in [9.17, 15) is 19.7 Å². The van der Waals surface area contributed by atoms with Crippen LogP contribution >= 0.6 is 0 Å². The quantitative estimate of drug-likeness (QED) is 0.530. The summed E-state index contributed by atoms with van der Waals surface area (Å²) in [6.07, 6.45) is -0.459. The Morgan fingerprint density at radius 3 is 2.48 bits per heavy atom. The second-order valence-corrected chi connectivity index (χ2v) is 4.31. The average molecular weight is 296 g/mol. The molecule has 0 fully saturated rings. The fourth-order valence-corrected chi connectivity index (χ4v) is 1.83. The van der Waals surface area contributed by atoms with E-state index in [0.717, 1.165) is 0 Å². The molecule has 0 heterocycles. The van der Waals surface area contributed by atoms with Gasteiger partial charge in [0.25, 0.3) is 5.69 Å². The minimum absolute atomic E-state index is 0.00720. The Hall–Kier alpha value is -2.48. The molecule has 0 saturated carbocycles. The van der Waals surface area contributed by atoms with E-state index in [1.807, 2.05) is 0 Å². The summed E-state index contributed by atoms with van der Waals surface area (Å²) in [6.45, 7) is -0.357. The van der Waals surface area contributed by atoms with Crippen LogP contribution < -0.4 is 0 Å². The molecule has 0 saturated heterocycles. The Morgan fingerprint density at radius 1 is 1.24 bits per heavy atom. The first kappa shape index (κ1) is 16.6. The lowest BCUT2D eigenvalue weighted by Crippen LogP contribution is -2.36. The van der Waals surface area contributed by atoms with Gasteiger partial charge in [0.1, 0.15) is 0 Å². The molecule has 1 aromatic carbocycles. The van der Waals surface area contributed by atoms with Crippen LogP contribution in [-0.2, 0) is 16.0 Å². The van der Waals surface area contributed by atoms with E-state index in [0.29, 0.717) is 0 Å². The molecular weight excluding hydrogens is 280 g/mol. The van der Waals surface area contributed by atoms with Crippen LogP contribution in [0.5, 0.6) is 0 Å². The van der Waals surface area contributed by atoms with Crippen molar-refractivity contribution in [3.63, 3.8) is 0 Å². The van der Waals surface area contributed by atoms with Crippen LogP contribution in [0.3, 0.4) is 0 Å². The second kappa shape index (κ2) is 7.95. The molecule has 0 aliphatic carbocycles. The van der Waals surface area contributed by atoms with Gasteiger partial charge < -0.3 is 15.1 Å². The van der Waals surface area contributed by atoms with Crippen molar-refractivity contribution >= 4 is 17.6 Å². The highest BCUT2D eigenvalue weighted by Gasteiger charge is 2.20. The number of benzene rings is 1. The van der Waals surface area contributed by atoms with Crippen molar-refractivity contribution < 1.29 is 24.7 Å². The van der Waals surface area contributed by atoms with Gasteiger partial charge in [-0.15, -0.1) is 0 Å². The zero-order valence-corrected chi connectivity index (χ0v) is 11.3. The van der Waals surface area contributed by atoms with Crippen LogP contribution in [0.4, 0.5) is 5.69 Å². The molecule has 0 aliphatic rings. The minimum atomic E-state index is -1.06. The molecule has 114 valence electrons. The van der Waals surface area contributed by atoms with E-state index in [1.165, 1.54) is 23.1 Å². The first-order chi connectivity index (χ1) is 9.95. The highest BCUT2D eigenvalue weighted by atomic mass is 16.6. The predicted molar refractivity (Wildman–Crippen MR) is 72.7 cm³/mol. The lowest BCUT2D eigenvalue weighted by Gasteiger charge is -2.20. The number of carbonyl (C=O) groups excluding carboxylic acids is 1. The van der Waals surface area contributed by atoms with E-state index >= 15 is 0 Å². The normalized spacial score (nSPS) is 10.1. The van der Waals surface area contributed by atoms with Crippen molar-refractivity contribution in [1.29, 1.82) is 0 Å². The van der Waals surface area contributed by atoms with Crippen LogP contribution in [0.2, 0.25) is 0 Å². The number of nitro benzene ring substituents is 1. The number of carboxylic acids is 1. The number of hydrogen-bond donors (Lipinski definition) is 2. The third kappa shape index (κ3) is 5.19. The molecule has 0 aliphatic heterocycles. The molecule has 1 rings (SSSR count). The first-order valence-electron chi connectivity index (χ1n) is 6.28. The summed E-state index contributed by atoms with van der Waals surface area (Å²) in [6, 6.07) is 5.87. The topological polar surface area (TPSA) is 121 Å². The van der Waals surface area contributed by atoms with Crippen molar-refractivity contribution in [2.45, 2.75) is 12.8 Å². The Morgan fingerprint density at radius 2 is 1.90 bits per heavy atom. The monoisotopic (exact) mass is 296 g/mol. The number of amides is 1. The van der Waals surface area contributed by atoms with E-state index < -0.39 is 16.8 Å². The van der Waals surface area contributed by atoms with Crippen LogP contribution in [0.1, 0.15) is 12.0 Å². The van der Waals surface area contributed by atoms with Gasteiger partial charge in [0, 0.05) is 24.7 Å². The Bertz CT molecular complexity index is 531. The maximum absolute atomic E-state index is 12.1. The number of aliphatic carboxylic acids is 1. The van der Waals surface area contributed by atoms with Gasteiger partial charge in [0.05, 0.1) is 24.4 Å². The zero-order chi connectivity index (χ0) is 15.8. The lowest BCUT2D eigenvalue weighted by molar-refractivity contribution is -0.385. The van der Waals surface area contributed by atoms with Crippen LogP contribution in [0, 0.1) is 10.1 Å². The molecule has 0 radical (unpaired) electrons. The molecule has 0 aromatic heterocycles. The van der Waals surface area contributed by atoms with Gasteiger partial charge in [-0.3, -0.25) is 19.7 Å². The number of carboxylic acid groups (broad SMARTS) is 1. The number of aliphatic hydroxyl groups is 1. The van der Waals surface area contributed by atoms with Gasteiger partial charge in [-0.1, -0.05) is 18.2 Å². The van der Waals surface area contributed by atoms with E-state index in [2.05, 4.69) is 0 Å². The SMILES string of the molecule is O=C(O)CCN(CCO)C(=O)Cc1ccccc1[N+](=O)[O-]. The molecule has 1 aromatic rings. The van der Waals surface area contributed by atoms with Crippen LogP contribution in [-0.4, -0.2) is 51.6 Å². The third-order valence-electron chi connectivity index (χ3n) is 2.85. The van der Waals surface area contributed by atoms with Crippen molar-refractivity contribution in [2.75, 3.05) is 19.7 Å². The Balaban J connectivity index is 2.81. The van der Waals surface area contributed by atoms with E-state index in [1.54, 1.807) is 6.07 Å². The van der Waals surface area contributed by atoms with Gasteiger partial charge in [-0.2, -0.15) is 0 Å². The van der Waals surface area contributed by atoms with Crippen LogP contribution in [0.25, 0.3) is 0 Å². The van der Waals surface area contributed by atoms with Crippen molar-refractivity contribution in [1.82, 2.24) is 4.90 Å². The Labute approximate surface area is 120 Å². The molecule has 1 amide bonds. The number of hydrogen-bond acceptors (Lipinski definition) is 5. The highest BCUT2D eigenvalue weighted by Crippen LogP contribution is 2.18. The summed E-state index contributed by atoms with van der Waals surface area (Å²) in [5, 5.41) is 28.4. The summed E-state index contributed by atoms with van der Waals surface area (Å²) < 4.78 is 0. The molecule has 21 heavy (non-hydrogen) atoms. The van der Waals surface area contributed by atoms with Gasteiger partial charge in [-0.25, -0.2) is 0 Å². The molecule has 0 atom stereocenters.